The number of rotatable bonds is 4. The van der Waals surface area contributed by atoms with Gasteiger partial charge in [0.05, 0.1) is 0 Å². The molecule has 0 N–H and O–H groups in total. The lowest BCUT2D eigenvalue weighted by Gasteiger charge is -2.08. The summed E-state index contributed by atoms with van der Waals surface area (Å²) in [5.74, 6) is -1.85. The molecule has 0 aromatic heterocycles. The fourth-order valence-electron chi connectivity index (χ4n) is 1.73. The summed E-state index contributed by atoms with van der Waals surface area (Å²) in [6.45, 7) is 3.52. The second kappa shape index (κ2) is 5.82. The summed E-state index contributed by atoms with van der Waals surface area (Å²) in [6, 6.07) is 8.16. The smallest absolute Gasteiger partial charge is 0.200 e. The number of ether oxygens (including phenoxy) is 1. The average molecular weight is 276 g/mol. The highest BCUT2D eigenvalue weighted by atomic mass is 19.1. The lowest BCUT2D eigenvalue weighted by Crippen LogP contribution is -2.12. The van der Waals surface area contributed by atoms with Crippen LogP contribution in [0.4, 0.5) is 8.78 Å². The van der Waals surface area contributed by atoms with Crippen LogP contribution >= 0.6 is 0 Å². The normalized spacial score (nSPS) is 10.4. The van der Waals surface area contributed by atoms with Gasteiger partial charge < -0.3 is 4.74 Å². The van der Waals surface area contributed by atoms with Crippen LogP contribution in [0.1, 0.15) is 21.5 Å². The Morgan fingerprint density at radius 1 is 1.05 bits per heavy atom. The topological polar surface area (TPSA) is 26.3 Å². The van der Waals surface area contributed by atoms with Crippen molar-refractivity contribution in [1.82, 2.24) is 0 Å². The number of hydrogen-bond acceptors (Lipinski definition) is 2. The van der Waals surface area contributed by atoms with Crippen LogP contribution in [0.5, 0.6) is 5.75 Å². The van der Waals surface area contributed by atoms with E-state index in [0.29, 0.717) is 5.56 Å². The van der Waals surface area contributed by atoms with E-state index in [1.165, 1.54) is 0 Å². The van der Waals surface area contributed by atoms with Crippen LogP contribution in [-0.4, -0.2) is 12.4 Å². The molecular formula is C16H14F2O2. The zero-order valence-corrected chi connectivity index (χ0v) is 11.2. The van der Waals surface area contributed by atoms with E-state index < -0.39 is 11.6 Å². The molecule has 0 aliphatic carbocycles. The minimum absolute atomic E-state index is 0.262. The molecule has 2 aromatic carbocycles. The first-order valence-corrected chi connectivity index (χ1v) is 6.15. The lowest BCUT2D eigenvalue weighted by atomic mass is 10.0. The Balaban J connectivity index is 2.08. The van der Waals surface area contributed by atoms with Crippen LogP contribution in [-0.2, 0) is 0 Å². The third-order valence-corrected chi connectivity index (χ3v) is 3.08. The van der Waals surface area contributed by atoms with Crippen molar-refractivity contribution in [2.75, 3.05) is 6.61 Å². The van der Waals surface area contributed by atoms with Crippen molar-refractivity contribution < 1.29 is 18.3 Å². The molecule has 0 radical (unpaired) electrons. The van der Waals surface area contributed by atoms with Crippen molar-refractivity contribution in [2.24, 2.45) is 0 Å². The van der Waals surface area contributed by atoms with Gasteiger partial charge in [0.25, 0.3) is 0 Å². The molecule has 0 spiro atoms. The number of hydrogen-bond donors (Lipinski definition) is 0. The fraction of sp³-hybridized carbons (Fsp3) is 0.188. The van der Waals surface area contributed by atoms with E-state index in [2.05, 4.69) is 0 Å². The van der Waals surface area contributed by atoms with Gasteiger partial charge >= 0.3 is 0 Å². The second-order valence-electron chi connectivity index (χ2n) is 4.59. The first kappa shape index (κ1) is 14.2. The predicted octanol–water partition coefficient (Wildman–Crippen LogP) is 3.84. The number of Topliss-reactive ketones (excluding diaryl/α,β-unsaturated/α-hetero) is 1. The molecule has 20 heavy (non-hydrogen) atoms. The third-order valence-electron chi connectivity index (χ3n) is 3.08. The molecule has 0 unspecified atom stereocenters. The third kappa shape index (κ3) is 3.20. The molecule has 2 nitrogen and oxygen atoms in total. The molecule has 0 saturated heterocycles. The van der Waals surface area contributed by atoms with Crippen molar-refractivity contribution in [2.45, 2.75) is 13.8 Å². The van der Waals surface area contributed by atoms with E-state index in [-0.39, 0.29) is 18.1 Å². The molecule has 0 aliphatic rings. The highest BCUT2D eigenvalue weighted by Crippen LogP contribution is 2.18. The fourth-order valence-corrected chi connectivity index (χ4v) is 1.73. The van der Waals surface area contributed by atoms with E-state index in [4.69, 9.17) is 4.74 Å². The van der Waals surface area contributed by atoms with Gasteiger partial charge in [-0.15, -0.1) is 0 Å². The van der Waals surface area contributed by atoms with E-state index in [1.807, 2.05) is 19.9 Å². The predicted molar refractivity (Wildman–Crippen MR) is 72.1 cm³/mol. The van der Waals surface area contributed by atoms with Gasteiger partial charge in [-0.2, -0.15) is 0 Å². The summed E-state index contributed by atoms with van der Waals surface area (Å²) in [5, 5.41) is 0. The molecule has 0 heterocycles. The second-order valence-corrected chi connectivity index (χ2v) is 4.59. The zero-order chi connectivity index (χ0) is 14.7. The van der Waals surface area contributed by atoms with Crippen molar-refractivity contribution >= 4 is 5.78 Å². The standard InChI is InChI=1S/C16H14F2O2/c1-10-3-4-12(7-11(10)2)15(19)9-20-16-8-13(17)5-6-14(16)18/h3-8H,9H2,1-2H3. The van der Waals surface area contributed by atoms with E-state index in [9.17, 15) is 13.6 Å². The zero-order valence-electron chi connectivity index (χ0n) is 11.2. The van der Waals surface area contributed by atoms with Crippen molar-refractivity contribution in [3.05, 3.63) is 64.7 Å². The number of carbonyl (C=O) groups excluding carboxylic acids is 1. The largest absolute Gasteiger partial charge is 0.482 e. The van der Waals surface area contributed by atoms with Gasteiger partial charge in [-0.05, 0) is 43.2 Å². The molecule has 4 heteroatoms. The average Bonchev–Trinajstić information content (AvgIpc) is 2.42. The molecule has 2 aromatic rings. The van der Waals surface area contributed by atoms with Crippen molar-refractivity contribution in [3.8, 4) is 5.75 Å². The van der Waals surface area contributed by atoms with Crippen LogP contribution in [0.3, 0.4) is 0 Å². The molecule has 2 rings (SSSR count). The highest BCUT2D eigenvalue weighted by Gasteiger charge is 2.10. The SMILES string of the molecule is Cc1ccc(C(=O)COc2cc(F)ccc2F)cc1C. The van der Waals surface area contributed by atoms with Gasteiger partial charge in [0.2, 0.25) is 0 Å². The van der Waals surface area contributed by atoms with Crippen LogP contribution in [0, 0.1) is 25.5 Å². The van der Waals surface area contributed by atoms with Gasteiger partial charge in [0.15, 0.2) is 24.0 Å². The molecule has 0 atom stereocenters. The number of aryl methyl sites for hydroxylation is 2. The van der Waals surface area contributed by atoms with Gasteiger partial charge in [-0.25, -0.2) is 8.78 Å². The summed E-state index contributed by atoms with van der Waals surface area (Å²) in [4.78, 5) is 11.9. The van der Waals surface area contributed by atoms with Gasteiger partial charge in [-0.3, -0.25) is 4.79 Å². The van der Waals surface area contributed by atoms with Gasteiger partial charge in [0, 0.05) is 11.6 Å². The maximum atomic E-state index is 13.3. The Morgan fingerprint density at radius 2 is 1.80 bits per heavy atom. The van der Waals surface area contributed by atoms with Crippen LogP contribution in [0.25, 0.3) is 0 Å². The molecule has 0 saturated carbocycles. The number of halogens is 2. The molecule has 0 fully saturated rings. The van der Waals surface area contributed by atoms with E-state index >= 15 is 0 Å². The molecule has 0 aliphatic heterocycles. The van der Waals surface area contributed by atoms with Crippen molar-refractivity contribution in [1.29, 1.82) is 0 Å². The first-order chi connectivity index (χ1) is 9.47. The molecule has 0 bridgehead atoms. The first-order valence-electron chi connectivity index (χ1n) is 6.15. The lowest BCUT2D eigenvalue weighted by molar-refractivity contribution is 0.0918. The van der Waals surface area contributed by atoms with E-state index in [0.717, 1.165) is 29.3 Å². The van der Waals surface area contributed by atoms with Crippen LogP contribution in [0.2, 0.25) is 0 Å². The quantitative estimate of drug-likeness (QED) is 0.793. The van der Waals surface area contributed by atoms with Crippen molar-refractivity contribution in [3.63, 3.8) is 0 Å². The summed E-state index contributed by atoms with van der Waals surface area (Å²) >= 11 is 0. The maximum absolute atomic E-state index is 13.3. The van der Waals surface area contributed by atoms with Crippen LogP contribution < -0.4 is 4.74 Å². The summed E-state index contributed by atoms with van der Waals surface area (Å²) in [5.41, 5.74) is 2.57. The minimum Gasteiger partial charge on any atom is -0.482 e. The van der Waals surface area contributed by atoms with Gasteiger partial charge in [-0.1, -0.05) is 12.1 Å². The molecule has 0 amide bonds. The van der Waals surface area contributed by atoms with Crippen LogP contribution in [0.15, 0.2) is 36.4 Å². The highest BCUT2D eigenvalue weighted by molar-refractivity contribution is 5.97. The van der Waals surface area contributed by atoms with Gasteiger partial charge in [0.1, 0.15) is 5.82 Å². The Morgan fingerprint density at radius 3 is 2.50 bits per heavy atom. The Bertz CT molecular complexity index is 651. The minimum atomic E-state index is -0.695. The summed E-state index contributed by atoms with van der Waals surface area (Å²) < 4.78 is 31.3. The Hall–Kier alpha value is -2.23. The maximum Gasteiger partial charge on any atom is 0.200 e. The van der Waals surface area contributed by atoms with E-state index in [1.54, 1.807) is 12.1 Å². The number of carbonyl (C=O) groups is 1. The summed E-state index contributed by atoms with van der Waals surface area (Å²) in [7, 11) is 0. The number of ketones is 1. The number of benzene rings is 2. The molecular weight excluding hydrogens is 262 g/mol. The molecule has 104 valence electrons. The monoisotopic (exact) mass is 276 g/mol. The Kier molecular flexibility index (Phi) is 4.13. The Labute approximate surface area is 116 Å². The summed E-state index contributed by atoms with van der Waals surface area (Å²) in [6.07, 6.45) is 0.